The summed E-state index contributed by atoms with van der Waals surface area (Å²) in [6.07, 6.45) is 1.97. The van der Waals surface area contributed by atoms with Gasteiger partial charge in [0.1, 0.15) is 22.6 Å². The van der Waals surface area contributed by atoms with Crippen LogP contribution in [0.3, 0.4) is 0 Å². The van der Waals surface area contributed by atoms with Gasteiger partial charge in [0.05, 0.1) is 11.0 Å². The molecule has 2 aromatic carbocycles. The Morgan fingerprint density at radius 2 is 1.74 bits per heavy atom. The van der Waals surface area contributed by atoms with Gasteiger partial charge in [-0.2, -0.15) is 0 Å². The second-order valence-corrected chi connectivity index (χ2v) is 6.74. The Hall–Kier alpha value is -3.61. The molecule has 0 spiro atoms. The minimum absolute atomic E-state index is 0.150. The molecule has 5 rings (SSSR count). The summed E-state index contributed by atoms with van der Waals surface area (Å²) in [6.45, 7) is 0. The van der Waals surface area contributed by atoms with Crippen LogP contribution in [0, 0.1) is 0 Å². The van der Waals surface area contributed by atoms with Crippen LogP contribution < -0.4 is 11.1 Å². The summed E-state index contributed by atoms with van der Waals surface area (Å²) < 4.78 is 1.70. The number of carbonyl (C=O) groups excluding carboxylic acids is 1. The van der Waals surface area contributed by atoms with Gasteiger partial charge in [0, 0.05) is 11.7 Å². The first kappa shape index (κ1) is 15.6. The molecule has 0 bridgehead atoms. The fourth-order valence-electron chi connectivity index (χ4n) is 3.23. The number of aromatic nitrogens is 3. The molecule has 4 N–H and O–H groups in total. The number of anilines is 1. The SMILES string of the molecule is Nc1c(C(=O)NC2CC2)c2nc3ccccc3nc2n1-c1ccc(O)cc1. The van der Waals surface area contributed by atoms with E-state index in [4.69, 9.17) is 10.7 Å². The molecule has 1 fully saturated rings. The molecule has 2 heterocycles. The van der Waals surface area contributed by atoms with Crippen LogP contribution in [0.4, 0.5) is 5.82 Å². The van der Waals surface area contributed by atoms with E-state index in [1.165, 1.54) is 0 Å². The standard InChI is InChI=1S/C20H17N5O2/c21-18-16(20(27)22-11-5-6-11)17-19(24-15-4-2-1-3-14(15)23-17)25(18)12-7-9-13(26)10-8-12/h1-4,7-11,26H,5-6,21H2,(H,22,27). The summed E-state index contributed by atoms with van der Waals surface area (Å²) in [5, 5.41) is 12.6. The van der Waals surface area contributed by atoms with Gasteiger partial charge in [-0.25, -0.2) is 9.97 Å². The zero-order valence-electron chi connectivity index (χ0n) is 14.4. The summed E-state index contributed by atoms with van der Waals surface area (Å²) in [4.78, 5) is 22.2. The zero-order valence-corrected chi connectivity index (χ0v) is 14.4. The van der Waals surface area contributed by atoms with Gasteiger partial charge < -0.3 is 16.2 Å². The highest BCUT2D eigenvalue weighted by molar-refractivity contribution is 6.11. The lowest BCUT2D eigenvalue weighted by Gasteiger charge is -2.08. The predicted molar refractivity (Wildman–Crippen MR) is 103 cm³/mol. The lowest BCUT2D eigenvalue weighted by molar-refractivity contribution is 0.0953. The van der Waals surface area contributed by atoms with Crippen LogP contribution in [0.25, 0.3) is 27.9 Å². The van der Waals surface area contributed by atoms with Crippen molar-refractivity contribution in [3.63, 3.8) is 0 Å². The highest BCUT2D eigenvalue weighted by Crippen LogP contribution is 2.32. The highest BCUT2D eigenvalue weighted by Gasteiger charge is 2.29. The predicted octanol–water partition coefficient (Wildman–Crippen LogP) is 2.75. The van der Waals surface area contributed by atoms with E-state index in [0.29, 0.717) is 27.9 Å². The van der Waals surface area contributed by atoms with E-state index in [9.17, 15) is 9.90 Å². The van der Waals surface area contributed by atoms with Crippen molar-refractivity contribution in [2.75, 3.05) is 5.73 Å². The Morgan fingerprint density at radius 1 is 1.07 bits per heavy atom. The Morgan fingerprint density at radius 3 is 2.41 bits per heavy atom. The average Bonchev–Trinajstić information content (AvgIpc) is 3.43. The number of phenolic OH excluding ortho intramolecular Hbond substituents is 1. The van der Waals surface area contributed by atoms with Crippen molar-refractivity contribution in [2.24, 2.45) is 0 Å². The van der Waals surface area contributed by atoms with Gasteiger partial charge in [0.25, 0.3) is 5.91 Å². The van der Waals surface area contributed by atoms with Crippen molar-refractivity contribution < 1.29 is 9.90 Å². The molecule has 27 heavy (non-hydrogen) atoms. The number of nitrogen functional groups attached to an aromatic ring is 1. The number of hydrogen-bond acceptors (Lipinski definition) is 5. The van der Waals surface area contributed by atoms with Crippen LogP contribution in [0.5, 0.6) is 5.75 Å². The van der Waals surface area contributed by atoms with Gasteiger partial charge in [-0.3, -0.25) is 9.36 Å². The summed E-state index contributed by atoms with van der Waals surface area (Å²) in [6, 6.07) is 14.3. The van der Waals surface area contributed by atoms with E-state index >= 15 is 0 Å². The van der Waals surface area contributed by atoms with Gasteiger partial charge in [0.15, 0.2) is 5.65 Å². The van der Waals surface area contributed by atoms with Crippen molar-refractivity contribution in [1.29, 1.82) is 0 Å². The van der Waals surface area contributed by atoms with Gasteiger partial charge >= 0.3 is 0 Å². The van der Waals surface area contributed by atoms with Crippen molar-refractivity contribution in [3.8, 4) is 11.4 Å². The van der Waals surface area contributed by atoms with Crippen LogP contribution in [-0.2, 0) is 0 Å². The number of para-hydroxylation sites is 2. The number of nitrogens with one attached hydrogen (secondary N) is 1. The highest BCUT2D eigenvalue weighted by atomic mass is 16.3. The molecule has 0 aliphatic heterocycles. The first-order valence-corrected chi connectivity index (χ1v) is 8.79. The number of nitrogens with two attached hydrogens (primary N) is 1. The third-order valence-corrected chi connectivity index (χ3v) is 4.75. The lowest BCUT2D eigenvalue weighted by Crippen LogP contribution is -2.26. The van der Waals surface area contributed by atoms with Crippen LogP contribution in [0.1, 0.15) is 23.2 Å². The molecular formula is C20H17N5O2. The molecular weight excluding hydrogens is 342 g/mol. The number of rotatable bonds is 3. The summed E-state index contributed by atoms with van der Waals surface area (Å²) in [5.74, 6) is 0.197. The van der Waals surface area contributed by atoms with Crippen LogP contribution in [-0.4, -0.2) is 31.6 Å². The van der Waals surface area contributed by atoms with Crippen molar-refractivity contribution >= 4 is 33.9 Å². The zero-order chi connectivity index (χ0) is 18.5. The number of nitrogens with zero attached hydrogens (tertiary/aromatic N) is 3. The average molecular weight is 359 g/mol. The van der Waals surface area contributed by atoms with Gasteiger partial charge in [0.2, 0.25) is 0 Å². The fraction of sp³-hybridized carbons (Fsp3) is 0.150. The number of benzene rings is 2. The van der Waals surface area contributed by atoms with E-state index in [0.717, 1.165) is 18.4 Å². The van der Waals surface area contributed by atoms with Crippen molar-refractivity contribution in [3.05, 3.63) is 54.1 Å². The van der Waals surface area contributed by atoms with E-state index in [1.807, 2.05) is 24.3 Å². The molecule has 0 unspecified atom stereocenters. The van der Waals surface area contributed by atoms with Crippen LogP contribution in [0.15, 0.2) is 48.5 Å². The first-order valence-electron chi connectivity index (χ1n) is 8.79. The maximum absolute atomic E-state index is 12.9. The number of amides is 1. The maximum atomic E-state index is 12.9. The number of aromatic hydroxyl groups is 1. The Bertz CT molecular complexity index is 1190. The molecule has 1 aliphatic carbocycles. The van der Waals surface area contributed by atoms with Crippen LogP contribution >= 0.6 is 0 Å². The van der Waals surface area contributed by atoms with Gasteiger partial charge in [-0.05, 0) is 49.2 Å². The molecule has 7 heteroatoms. The second kappa shape index (κ2) is 5.70. The molecule has 2 aromatic heterocycles. The molecule has 0 radical (unpaired) electrons. The lowest BCUT2D eigenvalue weighted by atomic mass is 10.2. The first-order chi connectivity index (χ1) is 13.1. The molecule has 1 amide bonds. The Balaban J connectivity index is 1.81. The minimum atomic E-state index is -0.234. The topological polar surface area (TPSA) is 106 Å². The molecule has 1 saturated carbocycles. The molecule has 134 valence electrons. The number of hydrogen-bond donors (Lipinski definition) is 3. The van der Waals surface area contributed by atoms with Crippen molar-refractivity contribution in [1.82, 2.24) is 19.9 Å². The third-order valence-electron chi connectivity index (χ3n) is 4.75. The third kappa shape index (κ3) is 2.55. The molecule has 0 atom stereocenters. The van der Waals surface area contributed by atoms with Crippen molar-refractivity contribution in [2.45, 2.75) is 18.9 Å². The summed E-state index contributed by atoms with van der Waals surface area (Å²) >= 11 is 0. The van der Waals surface area contributed by atoms with E-state index in [2.05, 4.69) is 10.3 Å². The Kier molecular flexibility index (Phi) is 3.30. The second-order valence-electron chi connectivity index (χ2n) is 6.74. The monoisotopic (exact) mass is 359 g/mol. The quantitative estimate of drug-likeness (QED) is 0.521. The van der Waals surface area contributed by atoms with Gasteiger partial charge in [-0.1, -0.05) is 12.1 Å². The number of fused-ring (bicyclic) bond motifs is 2. The molecule has 1 aliphatic rings. The summed E-state index contributed by atoms with van der Waals surface area (Å²) in [5.41, 5.74) is 9.84. The largest absolute Gasteiger partial charge is 0.508 e. The maximum Gasteiger partial charge on any atom is 0.257 e. The normalized spacial score (nSPS) is 13.9. The van der Waals surface area contributed by atoms with Gasteiger partial charge in [-0.15, -0.1) is 0 Å². The number of phenols is 1. The summed E-state index contributed by atoms with van der Waals surface area (Å²) in [7, 11) is 0. The van der Waals surface area contributed by atoms with E-state index in [-0.39, 0.29) is 23.5 Å². The smallest absolute Gasteiger partial charge is 0.257 e. The molecule has 7 nitrogen and oxygen atoms in total. The van der Waals surface area contributed by atoms with Crippen LogP contribution in [0.2, 0.25) is 0 Å². The Labute approximate surface area is 154 Å². The molecule has 0 saturated heterocycles. The number of carbonyl (C=O) groups is 1. The minimum Gasteiger partial charge on any atom is -0.508 e. The molecule has 4 aromatic rings. The van der Waals surface area contributed by atoms with E-state index in [1.54, 1.807) is 28.8 Å². The van der Waals surface area contributed by atoms with E-state index < -0.39 is 0 Å². The fourth-order valence-corrected chi connectivity index (χ4v) is 3.23.